The lowest BCUT2D eigenvalue weighted by Gasteiger charge is -2.11. The van der Waals surface area contributed by atoms with Gasteiger partial charge in [-0.1, -0.05) is 48.5 Å². The van der Waals surface area contributed by atoms with Crippen molar-refractivity contribution in [2.24, 2.45) is 14.1 Å². The van der Waals surface area contributed by atoms with E-state index in [-0.39, 0.29) is 0 Å². The van der Waals surface area contributed by atoms with Crippen LogP contribution >= 0.6 is 23.5 Å². The fraction of sp³-hybridized carbons (Fsp3) is 0.154. The van der Waals surface area contributed by atoms with Gasteiger partial charge in [0.15, 0.2) is 0 Å². The van der Waals surface area contributed by atoms with Crippen LogP contribution in [-0.2, 0) is 14.1 Å². The Morgan fingerprint density at radius 2 is 0.833 bits per heavy atom. The molecule has 0 atom stereocenters. The molecule has 2 aromatic heterocycles. The smallest absolute Gasteiger partial charge is 0.0753 e. The lowest BCUT2D eigenvalue weighted by Crippen LogP contribution is -1.91. The van der Waals surface area contributed by atoms with Crippen LogP contribution in [0.3, 0.4) is 0 Å². The van der Waals surface area contributed by atoms with E-state index in [9.17, 15) is 0 Å². The molecular formula is C26H22N2S2. The van der Waals surface area contributed by atoms with Gasteiger partial charge in [0, 0.05) is 35.6 Å². The molecule has 4 heteroatoms. The molecule has 4 aromatic carbocycles. The summed E-state index contributed by atoms with van der Waals surface area (Å²) in [5.74, 6) is 0. The maximum atomic E-state index is 2.33. The number of hydrogen-bond acceptors (Lipinski definition) is 2. The molecule has 30 heavy (non-hydrogen) atoms. The molecule has 0 fully saturated rings. The average molecular weight is 427 g/mol. The third kappa shape index (κ3) is 2.29. The summed E-state index contributed by atoms with van der Waals surface area (Å²) in [5, 5.41) is 13.2. The first kappa shape index (κ1) is 18.2. The number of fused-ring (bicyclic) bond motifs is 9. The van der Waals surface area contributed by atoms with Crippen LogP contribution in [0, 0.1) is 0 Å². The van der Waals surface area contributed by atoms with Crippen LogP contribution in [0.15, 0.2) is 70.7 Å². The van der Waals surface area contributed by atoms with Gasteiger partial charge in [-0.15, -0.1) is 23.5 Å². The highest BCUT2D eigenvalue weighted by Crippen LogP contribution is 2.39. The zero-order valence-corrected chi connectivity index (χ0v) is 19.1. The summed E-state index contributed by atoms with van der Waals surface area (Å²) in [6.45, 7) is 0. The van der Waals surface area contributed by atoms with Crippen molar-refractivity contribution in [1.29, 1.82) is 0 Å². The van der Waals surface area contributed by atoms with Crippen LogP contribution in [0.4, 0.5) is 0 Å². The van der Waals surface area contributed by atoms with E-state index in [1.807, 2.05) is 0 Å². The van der Waals surface area contributed by atoms with Crippen LogP contribution < -0.4 is 0 Å². The Bertz CT molecular complexity index is 1510. The van der Waals surface area contributed by atoms with Crippen LogP contribution in [0.2, 0.25) is 0 Å². The first-order valence-electron chi connectivity index (χ1n) is 10.1. The summed E-state index contributed by atoms with van der Waals surface area (Å²) < 4.78 is 4.65. The Morgan fingerprint density at radius 1 is 0.500 bits per heavy atom. The Labute approximate surface area is 183 Å². The third-order valence-electron chi connectivity index (χ3n) is 6.51. The molecule has 0 aliphatic carbocycles. The minimum atomic E-state index is 1.30. The van der Waals surface area contributed by atoms with E-state index in [0.29, 0.717) is 0 Å². The fourth-order valence-corrected chi connectivity index (χ4v) is 6.31. The van der Waals surface area contributed by atoms with Crippen molar-refractivity contribution in [3.63, 3.8) is 0 Å². The number of thioether (sulfide) groups is 2. The van der Waals surface area contributed by atoms with Gasteiger partial charge in [-0.3, -0.25) is 0 Å². The Hall–Kier alpha value is -2.56. The number of aryl methyl sites for hydroxylation is 2. The predicted molar refractivity (Wildman–Crippen MR) is 135 cm³/mol. The quantitative estimate of drug-likeness (QED) is 0.209. The summed E-state index contributed by atoms with van der Waals surface area (Å²) in [4.78, 5) is 0. The summed E-state index contributed by atoms with van der Waals surface area (Å²) in [6, 6.07) is 23.0. The predicted octanol–water partition coefficient (Wildman–Crippen LogP) is 7.57. The summed E-state index contributed by atoms with van der Waals surface area (Å²) in [5.41, 5.74) is 2.64. The van der Waals surface area contributed by atoms with Crippen LogP contribution in [0.25, 0.3) is 54.1 Å². The van der Waals surface area contributed by atoms with Crippen LogP contribution in [-0.4, -0.2) is 21.6 Å². The monoisotopic (exact) mass is 426 g/mol. The molecule has 0 bridgehead atoms. The van der Waals surface area contributed by atoms with E-state index in [1.54, 1.807) is 23.5 Å². The van der Waals surface area contributed by atoms with Gasteiger partial charge in [0.25, 0.3) is 0 Å². The van der Waals surface area contributed by atoms with Crippen LogP contribution in [0.1, 0.15) is 0 Å². The molecular weight excluding hydrogens is 404 g/mol. The second kappa shape index (κ2) is 6.47. The second-order valence-corrected chi connectivity index (χ2v) is 9.57. The molecule has 0 spiro atoms. The molecule has 2 nitrogen and oxygen atoms in total. The fourth-order valence-electron chi connectivity index (χ4n) is 5.09. The molecule has 0 saturated carbocycles. The van der Waals surface area contributed by atoms with Crippen molar-refractivity contribution in [1.82, 2.24) is 9.13 Å². The molecule has 0 amide bonds. The highest BCUT2D eigenvalue weighted by molar-refractivity contribution is 7.98. The number of nitrogens with zero attached hydrogens (tertiary/aromatic N) is 2. The maximum absolute atomic E-state index is 2.33. The zero-order chi connectivity index (χ0) is 20.6. The topological polar surface area (TPSA) is 9.86 Å². The number of rotatable bonds is 2. The van der Waals surface area contributed by atoms with Gasteiger partial charge in [0.1, 0.15) is 0 Å². The van der Waals surface area contributed by atoms with Gasteiger partial charge >= 0.3 is 0 Å². The largest absolute Gasteiger partial charge is 0.338 e. The number of aromatic nitrogens is 2. The van der Waals surface area contributed by atoms with Crippen molar-refractivity contribution < 1.29 is 0 Å². The minimum Gasteiger partial charge on any atom is -0.338 e. The van der Waals surface area contributed by atoms with Gasteiger partial charge in [-0.05, 0) is 46.2 Å². The van der Waals surface area contributed by atoms with Gasteiger partial charge in [0.05, 0.1) is 21.1 Å². The van der Waals surface area contributed by atoms with Gasteiger partial charge in [-0.25, -0.2) is 0 Å². The van der Waals surface area contributed by atoms with E-state index >= 15 is 0 Å². The lowest BCUT2D eigenvalue weighted by atomic mass is 9.95. The van der Waals surface area contributed by atoms with E-state index in [1.165, 1.54) is 64.2 Å². The highest BCUT2D eigenvalue weighted by atomic mass is 32.2. The first-order valence-corrected chi connectivity index (χ1v) is 12.5. The summed E-state index contributed by atoms with van der Waals surface area (Å²) in [7, 11) is 4.35. The molecule has 0 aliphatic heterocycles. The van der Waals surface area contributed by atoms with Gasteiger partial charge in [0.2, 0.25) is 0 Å². The van der Waals surface area contributed by atoms with Crippen LogP contribution in [0.5, 0.6) is 0 Å². The maximum Gasteiger partial charge on any atom is 0.0753 e. The molecule has 2 heterocycles. The molecule has 6 aromatic rings. The molecule has 0 aliphatic rings. The molecule has 0 saturated heterocycles. The summed E-state index contributed by atoms with van der Waals surface area (Å²) >= 11 is 3.60. The number of hydrogen-bond donors (Lipinski definition) is 0. The van der Waals surface area contributed by atoms with Crippen molar-refractivity contribution >= 4 is 77.6 Å². The Balaban J connectivity index is 1.75. The second-order valence-electron chi connectivity index (χ2n) is 7.91. The third-order valence-corrected chi connectivity index (χ3v) is 8.13. The van der Waals surface area contributed by atoms with E-state index in [0.717, 1.165) is 0 Å². The van der Waals surface area contributed by atoms with E-state index in [4.69, 9.17) is 0 Å². The normalized spacial score (nSPS) is 12.3. The molecule has 6 rings (SSSR count). The van der Waals surface area contributed by atoms with Crippen molar-refractivity contribution in [3.05, 3.63) is 60.7 Å². The first-order chi connectivity index (χ1) is 14.6. The van der Waals surface area contributed by atoms with Crippen molar-refractivity contribution in [3.8, 4) is 0 Å². The molecule has 148 valence electrons. The Morgan fingerprint density at radius 3 is 1.23 bits per heavy atom. The van der Waals surface area contributed by atoms with Gasteiger partial charge < -0.3 is 9.13 Å². The van der Waals surface area contributed by atoms with Crippen molar-refractivity contribution in [2.45, 2.75) is 10.1 Å². The molecule has 0 N–H and O–H groups in total. The average Bonchev–Trinajstić information content (AvgIpc) is 3.29. The Kier molecular flexibility index (Phi) is 3.93. The van der Waals surface area contributed by atoms with Crippen molar-refractivity contribution in [2.75, 3.05) is 12.5 Å². The standard InChI is InChI=1S/C26H22N2S2/c1-27-23(29-3)13-15-5-7-19-17-10-12-22-20(18(17)9-11-21(19)25(15)27)8-6-16-14-24(30-4)28(2)26(16)22/h5-14H,1-4H3. The number of benzene rings is 4. The molecule has 0 unspecified atom stereocenters. The van der Waals surface area contributed by atoms with Gasteiger partial charge in [-0.2, -0.15) is 0 Å². The SMILES string of the molecule is CSc1cc2ccc3c4ccc5c(ccc6cc(SC)n(C)c65)c4ccc3c2n1C. The zero-order valence-electron chi connectivity index (χ0n) is 17.5. The van der Waals surface area contributed by atoms with E-state index < -0.39 is 0 Å². The highest BCUT2D eigenvalue weighted by Gasteiger charge is 2.14. The van der Waals surface area contributed by atoms with E-state index in [2.05, 4.69) is 96.4 Å². The minimum absolute atomic E-state index is 1.30. The molecule has 0 radical (unpaired) electrons. The lowest BCUT2D eigenvalue weighted by molar-refractivity contribution is 0.866. The summed E-state index contributed by atoms with van der Waals surface area (Å²) in [6.07, 6.45) is 4.29.